The van der Waals surface area contributed by atoms with E-state index in [2.05, 4.69) is 20.8 Å². The van der Waals surface area contributed by atoms with Gasteiger partial charge in [0, 0.05) is 19.2 Å². The first-order valence-electron chi connectivity index (χ1n) is 7.15. The summed E-state index contributed by atoms with van der Waals surface area (Å²) in [4.78, 5) is 0.232. The van der Waals surface area contributed by atoms with Crippen molar-refractivity contribution in [2.75, 3.05) is 13.1 Å². The maximum Gasteiger partial charge on any atom is 0.246 e. The molecule has 0 amide bonds. The molecule has 1 aromatic rings. The van der Waals surface area contributed by atoms with Crippen molar-refractivity contribution in [3.05, 3.63) is 29.2 Å². The summed E-state index contributed by atoms with van der Waals surface area (Å²) in [6, 6.07) is 1.54. The lowest BCUT2D eigenvalue weighted by molar-refractivity contribution is 0.388. The van der Waals surface area contributed by atoms with Gasteiger partial charge in [-0.3, -0.25) is 0 Å². The van der Waals surface area contributed by atoms with Crippen LogP contribution in [0.15, 0.2) is 27.0 Å². The Labute approximate surface area is 126 Å². The van der Waals surface area contributed by atoms with Crippen molar-refractivity contribution in [1.82, 2.24) is 4.31 Å². The van der Waals surface area contributed by atoms with Gasteiger partial charge in [-0.1, -0.05) is 32.4 Å². The molecule has 0 unspecified atom stereocenters. The fourth-order valence-corrected chi connectivity index (χ4v) is 4.14. The third-order valence-corrected chi connectivity index (χ3v) is 5.85. The predicted octanol–water partition coefficient (Wildman–Crippen LogP) is 2.41. The number of hydrogen-bond acceptors (Lipinski definition) is 4. The zero-order valence-electron chi connectivity index (χ0n) is 13.1. The third kappa shape index (κ3) is 3.22. The van der Waals surface area contributed by atoms with Gasteiger partial charge in [-0.15, -0.1) is 0 Å². The highest BCUT2D eigenvalue weighted by molar-refractivity contribution is 7.89. The Bertz CT molecular complexity index is 651. The molecule has 2 rings (SSSR count). The van der Waals surface area contributed by atoms with E-state index in [1.807, 2.05) is 6.08 Å². The van der Waals surface area contributed by atoms with Crippen LogP contribution in [-0.4, -0.2) is 25.8 Å². The van der Waals surface area contributed by atoms with Crippen molar-refractivity contribution >= 4 is 10.0 Å². The van der Waals surface area contributed by atoms with Crippen LogP contribution in [0, 0.1) is 12.3 Å². The normalized spacial score (nSPS) is 17.9. The van der Waals surface area contributed by atoms with Gasteiger partial charge in [-0.2, -0.15) is 4.31 Å². The van der Waals surface area contributed by atoms with Crippen molar-refractivity contribution in [1.29, 1.82) is 0 Å². The minimum atomic E-state index is -3.51. The third-order valence-electron chi connectivity index (χ3n) is 3.88. The first-order valence-corrected chi connectivity index (χ1v) is 8.59. The van der Waals surface area contributed by atoms with Crippen LogP contribution in [-0.2, 0) is 16.6 Å². The molecule has 1 aromatic heterocycles. The van der Waals surface area contributed by atoms with Gasteiger partial charge in [0.1, 0.15) is 16.4 Å². The van der Waals surface area contributed by atoms with Crippen LogP contribution >= 0.6 is 0 Å². The summed E-state index contributed by atoms with van der Waals surface area (Å²) in [5.41, 5.74) is 6.91. The summed E-state index contributed by atoms with van der Waals surface area (Å²) in [5.74, 6) is 0.898. The lowest BCUT2D eigenvalue weighted by Gasteiger charge is -2.31. The lowest BCUT2D eigenvalue weighted by atomic mass is 9.83. The molecule has 0 atom stereocenters. The second kappa shape index (κ2) is 5.59. The van der Waals surface area contributed by atoms with Crippen molar-refractivity contribution < 1.29 is 12.8 Å². The summed E-state index contributed by atoms with van der Waals surface area (Å²) < 4.78 is 32.2. The molecule has 0 saturated heterocycles. The molecule has 0 saturated carbocycles. The van der Waals surface area contributed by atoms with E-state index in [1.54, 1.807) is 6.92 Å². The average Bonchev–Trinajstić information content (AvgIpc) is 2.80. The zero-order chi connectivity index (χ0) is 15.8. The second-order valence-electron chi connectivity index (χ2n) is 6.43. The smallest absolute Gasteiger partial charge is 0.246 e. The molecule has 0 fully saturated rings. The van der Waals surface area contributed by atoms with Crippen molar-refractivity contribution in [3.8, 4) is 0 Å². The van der Waals surface area contributed by atoms with Crippen molar-refractivity contribution in [2.45, 2.75) is 45.6 Å². The second-order valence-corrected chi connectivity index (χ2v) is 8.34. The number of aryl methyl sites for hydroxylation is 1. The monoisotopic (exact) mass is 312 g/mol. The number of nitrogens with zero attached hydrogens (tertiary/aromatic N) is 1. The Kier molecular flexibility index (Phi) is 4.33. The van der Waals surface area contributed by atoms with E-state index < -0.39 is 10.0 Å². The Balaban J connectivity index is 2.26. The first-order chi connectivity index (χ1) is 9.66. The summed E-state index contributed by atoms with van der Waals surface area (Å²) in [7, 11) is -3.51. The quantitative estimate of drug-likeness (QED) is 0.870. The molecule has 0 aromatic carbocycles. The highest BCUT2D eigenvalue weighted by Crippen LogP contribution is 2.32. The van der Waals surface area contributed by atoms with Crippen LogP contribution in [0.1, 0.15) is 38.7 Å². The van der Waals surface area contributed by atoms with E-state index in [0.717, 1.165) is 6.42 Å². The van der Waals surface area contributed by atoms with Gasteiger partial charge in [-0.05, 0) is 18.8 Å². The summed E-state index contributed by atoms with van der Waals surface area (Å²) in [5, 5.41) is 0. The Hall–Kier alpha value is -1.11. The molecular formula is C15H24N2O3S. The lowest BCUT2D eigenvalue weighted by Crippen LogP contribution is -2.36. The molecule has 0 aliphatic carbocycles. The van der Waals surface area contributed by atoms with Crippen molar-refractivity contribution in [3.63, 3.8) is 0 Å². The minimum absolute atomic E-state index is 0.0914. The summed E-state index contributed by atoms with van der Waals surface area (Å²) in [6.07, 6.45) is 2.80. The van der Waals surface area contributed by atoms with Crippen LogP contribution < -0.4 is 5.73 Å². The highest BCUT2D eigenvalue weighted by atomic mass is 32.2. The molecule has 5 nitrogen and oxygen atoms in total. The van der Waals surface area contributed by atoms with Crippen LogP contribution in [0.25, 0.3) is 0 Å². The standard InChI is InChI=1S/C15H24N2O3S/c1-11-14(9-13(10-16)20-11)21(18,19)17-7-5-12(6-8-17)15(2,3)4/h5,9H,6-8,10,16H2,1-4H3. The first kappa shape index (κ1) is 16.3. The minimum Gasteiger partial charge on any atom is -0.464 e. The molecule has 2 N–H and O–H groups in total. The molecule has 2 heterocycles. The van der Waals surface area contributed by atoms with Gasteiger partial charge in [0.2, 0.25) is 10.0 Å². The van der Waals surface area contributed by atoms with E-state index in [4.69, 9.17) is 10.2 Å². The van der Waals surface area contributed by atoms with E-state index in [9.17, 15) is 8.42 Å². The number of rotatable bonds is 3. The number of sulfonamides is 1. The number of nitrogens with two attached hydrogens (primary N) is 1. The average molecular weight is 312 g/mol. The largest absolute Gasteiger partial charge is 0.464 e. The maximum absolute atomic E-state index is 12.7. The van der Waals surface area contributed by atoms with Crippen LogP contribution in [0.2, 0.25) is 0 Å². The van der Waals surface area contributed by atoms with Gasteiger partial charge < -0.3 is 10.2 Å². The molecule has 118 valence electrons. The molecule has 1 aliphatic rings. The Morgan fingerprint density at radius 2 is 2.05 bits per heavy atom. The van der Waals surface area contributed by atoms with E-state index in [-0.39, 0.29) is 16.9 Å². The predicted molar refractivity (Wildman–Crippen MR) is 82.3 cm³/mol. The molecule has 1 aliphatic heterocycles. The van der Waals surface area contributed by atoms with Crippen LogP contribution in [0.3, 0.4) is 0 Å². The summed E-state index contributed by atoms with van der Waals surface area (Å²) >= 11 is 0. The molecule has 0 spiro atoms. The van der Waals surface area contributed by atoms with Gasteiger partial charge >= 0.3 is 0 Å². The molecule has 6 heteroatoms. The van der Waals surface area contributed by atoms with Crippen LogP contribution in [0.5, 0.6) is 0 Å². The van der Waals surface area contributed by atoms with Gasteiger partial charge in [-0.25, -0.2) is 8.42 Å². The van der Waals surface area contributed by atoms with Crippen molar-refractivity contribution in [2.24, 2.45) is 11.1 Å². The molecular weight excluding hydrogens is 288 g/mol. The molecule has 0 radical (unpaired) electrons. The summed E-state index contributed by atoms with van der Waals surface area (Å²) in [6.45, 7) is 9.23. The fraction of sp³-hybridized carbons (Fsp3) is 0.600. The molecule has 21 heavy (non-hydrogen) atoms. The van der Waals surface area contributed by atoms with Gasteiger partial charge in [0.15, 0.2) is 0 Å². The Morgan fingerprint density at radius 3 is 2.48 bits per heavy atom. The maximum atomic E-state index is 12.7. The van der Waals surface area contributed by atoms with E-state index in [1.165, 1.54) is 15.9 Å². The fourth-order valence-electron chi connectivity index (χ4n) is 2.57. The number of hydrogen-bond donors (Lipinski definition) is 1. The van der Waals surface area contributed by atoms with E-state index in [0.29, 0.717) is 24.6 Å². The van der Waals surface area contributed by atoms with Gasteiger partial charge in [0.05, 0.1) is 6.54 Å². The van der Waals surface area contributed by atoms with Crippen LogP contribution in [0.4, 0.5) is 0 Å². The zero-order valence-corrected chi connectivity index (χ0v) is 14.0. The topological polar surface area (TPSA) is 76.5 Å². The highest BCUT2D eigenvalue weighted by Gasteiger charge is 2.31. The van der Waals surface area contributed by atoms with E-state index >= 15 is 0 Å². The Morgan fingerprint density at radius 1 is 1.38 bits per heavy atom. The molecule has 0 bridgehead atoms. The van der Waals surface area contributed by atoms with Gasteiger partial charge in [0.25, 0.3) is 0 Å². The number of furan rings is 1. The SMILES string of the molecule is Cc1oc(CN)cc1S(=O)(=O)N1CC=C(C(C)(C)C)CC1.